The Hall–Kier alpha value is -3.59. The van der Waals surface area contributed by atoms with Crippen LogP contribution in [0.25, 0.3) is 11.0 Å². The summed E-state index contributed by atoms with van der Waals surface area (Å²) in [7, 11) is 1.60. The molecule has 34 heavy (non-hydrogen) atoms. The molecule has 5 rings (SSSR count). The lowest BCUT2D eigenvalue weighted by molar-refractivity contribution is 0.0852. The average molecular weight is 480 g/mol. The Bertz CT molecular complexity index is 1430. The van der Waals surface area contributed by atoms with Gasteiger partial charge in [0.1, 0.15) is 6.61 Å². The van der Waals surface area contributed by atoms with Crippen LogP contribution in [0.15, 0.2) is 47.3 Å². The number of hydrogen-bond acceptors (Lipinski definition) is 8. The molecule has 9 heteroatoms. The molecule has 8 nitrogen and oxygen atoms in total. The van der Waals surface area contributed by atoms with Crippen molar-refractivity contribution in [2.75, 3.05) is 20.3 Å². The first-order valence-corrected chi connectivity index (χ1v) is 11.9. The van der Waals surface area contributed by atoms with E-state index < -0.39 is 6.10 Å². The lowest BCUT2D eigenvalue weighted by atomic mass is 10.1. The lowest BCUT2D eigenvalue weighted by Gasteiger charge is -2.24. The molecule has 0 bridgehead atoms. The topological polar surface area (TPSA) is 84.2 Å². The van der Waals surface area contributed by atoms with Gasteiger partial charge in [0.2, 0.25) is 4.96 Å². The fourth-order valence-corrected chi connectivity index (χ4v) is 4.50. The van der Waals surface area contributed by atoms with Crippen molar-refractivity contribution in [3.8, 4) is 23.0 Å². The summed E-state index contributed by atoms with van der Waals surface area (Å²) in [6.07, 6.45) is 2.30. The van der Waals surface area contributed by atoms with Gasteiger partial charge in [-0.05, 0) is 48.2 Å². The van der Waals surface area contributed by atoms with Crippen LogP contribution in [0.3, 0.4) is 0 Å². The number of rotatable bonds is 7. The van der Waals surface area contributed by atoms with Gasteiger partial charge in [-0.15, -0.1) is 5.10 Å². The molecule has 0 radical (unpaired) electrons. The first-order chi connectivity index (χ1) is 16.5. The Kier molecular flexibility index (Phi) is 6.10. The molecule has 4 aromatic rings. The van der Waals surface area contributed by atoms with Crippen molar-refractivity contribution in [3.05, 3.63) is 68.7 Å². The van der Waals surface area contributed by atoms with Crippen molar-refractivity contribution in [1.82, 2.24) is 14.6 Å². The van der Waals surface area contributed by atoms with Gasteiger partial charge in [0.05, 0.1) is 18.2 Å². The van der Waals surface area contributed by atoms with Gasteiger partial charge in [-0.3, -0.25) is 4.79 Å². The van der Waals surface area contributed by atoms with Crippen LogP contribution >= 0.6 is 11.3 Å². The molecule has 0 spiro atoms. The van der Waals surface area contributed by atoms with Crippen molar-refractivity contribution in [3.63, 3.8) is 0 Å². The highest BCUT2D eigenvalue weighted by Gasteiger charge is 2.27. The van der Waals surface area contributed by atoms with Crippen LogP contribution in [-0.2, 0) is 0 Å². The molecular formula is C25H25N3O5S. The van der Waals surface area contributed by atoms with Crippen molar-refractivity contribution in [1.29, 1.82) is 0 Å². The lowest BCUT2D eigenvalue weighted by Crippen LogP contribution is -2.26. The Morgan fingerprint density at radius 1 is 1.21 bits per heavy atom. The van der Waals surface area contributed by atoms with Crippen molar-refractivity contribution >= 4 is 22.4 Å². The van der Waals surface area contributed by atoms with Gasteiger partial charge >= 0.3 is 0 Å². The predicted octanol–water partition coefficient (Wildman–Crippen LogP) is 3.64. The maximum absolute atomic E-state index is 13.0. The van der Waals surface area contributed by atoms with E-state index in [1.54, 1.807) is 13.2 Å². The average Bonchev–Trinajstić information content (AvgIpc) is 3.38. The van der Waals surface area contributed by atoms with E-state index in [-0.39, 0.29) is 12.2 Å². The second kappa shape index (κ2) is 9.34. The van der Waals surface area contributed by atoms with Crippen molar-refractivity contribution < 1.29 is 18.9 Å². The number of nitrogens with zero attached hydrogens (tertiary/aromatic N) is 3. The quantitative estimate of drug-likeness (QED) is 0.400. The Morgan fingerprint density at radius 3 is 2.79 bits per heavy atom. The largest absolute Gasteiger partial charge is 0.493 e. The molecule has 0 fully saturated rings. The highest BCUT2D eigenvalue weighted by atomic mass is 32.1. The fourth-order valence-electron chi connectivity index (χ4n) is 3.58. The first-order valence-electron chi connectivity index (χ1n) is 11.1. The van der Waals surface area contributed by atoms with Gasteiger partial charge in [0.25, 0.3) is 5.56 Å². The summed E-state index contributed by atoms with van der Waals surface area (Å²) in [5.41, 5.74) is 0.600. The van der Waals surface area contributed by atoms with E-state index >= 15 is 0 Å². The molecule has 3 heterocycles. The molecule has 0 saturated carbocycles. The number of methoxy groups -OCH3 is 1. The minimum Gasteiger partial charge on any atom is -0.493 e. The second-order valence-electron chi connectivity index (χ2n) is 8.39. The first kappa shape index (κ1) is 22.2. The monoisotopic (exact) mass is 479 g/mol. The summed E-state index contributed by atoms with van der Waals surface area (Å²) in [6.45, 7) is 5.22. The molecule has 2 aromatic carbocycles. The highest BCUT2D eigenvalue weighted by molar-refractivity contribution is 7.15. The Labute approximate surface area is 200 Å². The fraction of sp³-hybridized carbons (Fsp3) is 0.320. The molecule has 2 aromatic heterocycles. The molecule has 0 amide bonds. The summed E-state index contributed by atoms with van der Waals surface area (Å²) in [5, 5.41) is 4.40. The summed E-state index contributed by atoms with van der Waals surface area (Å²) < 4.78 is 24.9. The zero-order chi connectivity index (χ0) is 23.7. The van der Waals surface area contributed by atoms with Gasteiger partial charge in [-0.1, -0.05) is 43.4 Å². The van der Waals surface area contributed by atoms with E-state index in [1.165, 1.54) is 15.9 Å². The molecule has 1 aliphatic rings. The zero-order valence-electron chi connectivity index (χ0n) is 19.2. The Balaban J connectivity index is 1.38. The molecule has 1 aliphatic heterocycles. The molecular weight excluding hydrogens is 454 g/mol. The van der Waals surface area contributed by atoms with E-state index in [1.807, 2.05) is 42.5 Å². The van der Waals surface area contributed by atoms with Crippen LogP contribution in [-0.4, -0.2) is 34.9 Å². The molecule has 0 aliphatic carbocycles. The number of benzene rings is 2. The minimum atomic E-state index is -0.471. The van der Waals surface area contributed by atoms with Crippen LogP contribution in [0.5, 0.6) is 23.0 Å². The van der Waals surface area contributed by atoms with Crippen LogP contribution in [0.4, 0.5) is 0 Å². The summed E-state index contributed by atoms with van der Waals surface area (Å²) >= 11 is 1.28. The van der Waals surface area contributed by atoms with Crippen LogP contribution < -0.4 is 29.0 Å². The predicted molar refractivity (Wildman–Crippen MR) is 129 cm³/mol. The summed E-state index contributed by atoms with van der Waals surface area (Å²) in [6, 6.07) is 13.1. The molecule has 1 unspecified atom stereocenters. The third-order valence-corrected chi connectivity index (χ3v) is 6.39. The number of hydrogen-bond donors (Lipinski definition) is 0. The van der Waals surface area contributed by atoms with Crippen molar-refractivity contribution in [2.45, 2.75) is 26.4 Å². The second-order valence-corrected chi connectivity index (χ2v) is 9.39. The molecule has 0 N–H and O–H groups in total. The maximum Gasteiger partial charge on any atom is 0.291 e. The number of fused-ring (bicyclic) bond motifs is 2. The number of para-hydroxylation sites is 2. The highest BCUT2D eigenvalue weighted by Crippen LogP contribution is 2.35. The van der Waals surface area contributed by atoms with E-state index in [0.717, 1.165) is 12.0 Å². The zero-order valence-corrected chi connectivity index (χ0v) is 20.0. The summed E-state index contributed by atoms with van der Waals surface area (Å²) in [5.74, 6) is 3.63. The van der Waals surface area contributed by atoms with Crippen molar-refractivity contribution in [2.24, 2.45) is 5.92 Å². The molecule has 1 atom stereocenters. The van der Waals surface area contributed by atoms with Gasteiger partial charge in [-0.2, -0.15) is 9.50 Å². The van der Waals surface area contributed by atoms with Gasteiger partial charge in [-0.25, -0.2) is 0 Å². The van der Waals surface area contributed by atoms with E-state index in [9.17, 15) is 4.79 Å². The van der Waals surface area contributed by atoms with Crippen LogP contribution in [0.1, 0.15) is 37.8 Å². The van der Waals surface area contributed by atoms with E-state index in [0.29, 0.717) is 50.8 Å². The smallest absolute Gasteiger partial charge is 0.291 e. The number of thiazole rings is 1. The number of ether oxygens (including phenoxy) is 4. The van der Waals surface area contributed by atoms with E-state index in [2.05, 4.69) is 23.9 Å². The van der Waals surface area contributed by atoms with E-state index in [4.69, 9.17) is 18.9 Å². The summed E-state index contributed by atoms with van der Waals surface area (Å²) in [4.78, 5) is 18.0. The third kappa shape index (κ3) is 4.43. The molecule has 176 valence electrons. The maximum atomic E-state index is 13.0. The van der Waals surface area contributed by atoms with Gasteiger partial charge in [0, 0.05) is 0 Å². The van der Waals surface area contributed by atoms with Gasteiger partial charge < -0.3 is 18.9 Å². The normalized spacial score (nSPS) is 15.8. The SMILES string of the molecule is COc1cc(C=c2sc3nc(C4COc5ccccc5O4)nn3c2=O)ccc1OCCC(C)C. The van der Waals surface area contributed by atoms with Crippen LogP contribution in [0.2, 0.25) is 0 Å². The van der Waals surface area contributed by atoms with Crippen LogP contribution in [0, 0.1) is 5.92 Å². The minimum absolute atomic E-state index is 0.230. The standard InChI is InChI=1S/C25H25N3O5S/c1-15(2)10-11-31-18-9-8-16(12-20(18)30-3)13-22-24(29)28-25(34-22)26-23(27-28)21-14-32-17-6-4-5-7-19(17)33-21/h4-9,12-13,15,21H,10-11,14H2,1-3H3. The Morgan fingerprint density at radius 2 is 2.03 bits per heavy atom. The third-order valence-electron chi connectivity index (χ3n) is 5.43. The number of aromatic nitrogens is 3. The molecule has 0 saturated heterocycles. The van der Waals surface area contributed by atoms with Gasteiger partial charge in [0.15, 0.2) is 34.9 Å².